The molecule has 2 aromatic heterocycles. The topological polar surface area (TPSA) is 110 Å². The lowest BCUT2D eigenvalue weighted by Gasteiger charge is -2.22. The van der Waals surface area contributed by atoms with E-state index in [-0.39, 0.29) is 12.5 Å². The van der Waals surface area contributed by atoms with Crippen molar-refractivity contribution >= 4 is 29.2 Å². The highest BCUT2D eigenvalue weighted by atomic mass is 32.1. The van der Waals surface area contributed by atoms with Gasteiger partial charge in [0.2, 0.25) is 0 Å². The van der Waals surface area contributed by atoms with Crippen LogP contribution in [0.1, 0.15) is 37.8 Å². The molecule has 3 rings (SSSR count). The number of hydrogen-bond acceptors (Lipinski definition) is 7. The summed E-state index contributed by atoms with van der Waals surface area (Å²) in [7, 11) is 0. The Morgan fingerprint density at radius 2 is 2.04 bits per heavy atom. The van der Waals surface area contributed by atoms with Gasteiger partial charge in [-0.05, 0) is 25.0 Å². The molecule has 2 aromatic rings. The molecule has 28 heavy (non-hydrogen) atoms. The number of imide groups is 1. The predicted octanol–water partition coefficient (Wildman–Crippen LogP) is 2.45. The highest BCUT2D eigenvalue weighted by Gasteiger charge is 2.18. The highest BCUT2D eigenvalue weighted by molar-refractivity contribution is 7.13. The van der Waals surface area contributed by atoms with E-state index in [0.29, 0.717) is 5.69 Å². The van der Waals surface area contributed by atoms with Crippen LogP contribution in [-0.4, -0.2) is 40.5 Å². The first-order chi connectivity index (χ1) is 13.6. The molecule has 1 fully saturated rings. The molecule has 3 amide bonds. The van der Waals surface area contributed by atoms with Crippen molar-refractivity contribution < 1.29 is 19.1 Å². The smallest absolute Gasteiger partial charge is 0.321 e. The van der Waals surface area contributed by atoms with E-state index >= 15 is 0 Å². The van der Waals surface area contributed by atoms with Gasteiger partial charge in [0.1, 0.15) is 5.01 Å². The summed E-state index contributed by atoms with van der Waals surface area (Å²) >= 11 is 1.40. The molecule has 0 aromatic carbocycles. The fourth-order valence-electron chi connectivity index (χ4n) is 2.99. The molecule has 0 saturated heterocycles. The lowest BCUT2D eigenvalue weighted by molar-refractivity contribution is -0.147. The van der Waals surface area contributed by atoms with Crippen molar-refractivity contribution in [2.45, 2.75) is 44.6 Å². The molecule has 1 aliphatic rings. The Balaban J connectivity index is 1.38. The van der Waals surface area contributed by atoms with Crippen molar-refractivity contribution in [1.82, 2.24) is 20.6 Å². The number of amides is 3. The second-order valence-electron chi connectivity index (χ2n) is 6.58. The molecule has 9 heteroatoms. The standard InChI is InChI=1S/C19H22N4O4S/c24-16(23-19(26)22-14-6-2-1-3-7-14)11-27-17(25)9-15-12-28-18(21-15)13-5-4-8-20-10-13/h4-5,8,10,12,14H,1-3,6-7,9,11H2,(H2,22,23,24,26). The van der Waals surface area contributed by atoms with Gasteiger partial charge in [-0.25, -0.2) is 9.78 Å². The summed E-state index contributed by atoms with van der Waals surface area (Å²) < 4.78 is 4.93. The van der Waals surface area contributed by atoms with Crippen molar-refractivity contribution in [3.05, 3.63) is 35.6 Å². The van der Waals surface area contributed by atoms with Gasteiger partial charge < -0.3 is 10.1 Å². The van der Waals surface area contributed by atoms with E-state index in [1.165, 1.54) is 17.8 Å². The molecule has 1 aliphatic carbocycles. The van der Waals surface area contributed by atoms with Gasteiger partial charge in [-0.3, -0.25) is 19.9 Å². The number of nitrogens with zero attached hydrogens (tertiary/aromatic N) is 2. The van der Waals surface area contributed by atoms with Gasteiger partial charge >= 0.3 is 12.0 Å². The molecule has 2 N–H and O–H groups in total. The van der Waals surface area contributed by atoms with Gasteiger partial charge in [-0.2, -0.15) is 0 Å². The summed E-state index contributed by atoms with van der Waals surface area (Å²) in [6.07, 6.45) is 8.51. The van der Waals surface area contributed by atoms with Crippen LogP contribution in [-0.2, 0) is 20.7 Å². The van der Waals surface area contributed by atoms with E-state index < -0.39 is 24.5 Å². The van der Waals surface area contributed by atoms with Crippen LogP contribution in [0.4, 0.5) is 4.79 Å². The maximum absolute atomic E-state index is 11.9. The summed E-state index contributed by atoms with van der Waals surface area (Å²) in [6, 6.07) is 3.25. The van der Waals surface area contributed by atoms with E-state index in [4.69, 9.17) is 4.74 Å². The number of thiazole rings is 1. The van der Waals surface area contributed by atoms with Crippen LogP contribution in [0.2, 0.25) is 0 Å². The first kappa shape index (κ1) is 19.9. The minimum Gasteiger partial charge on any atom is -0.455 e. The second-order valence-corrected chi connectivity index (χ2v) is 7.44. The zero-order valence-electron chi connectivity index (χ0n) is 15.3. The third kappa shape index (κ3) is 6.12. The van der Waals surface area contributed by atoms with Crippen LogP contribution in [0.5, 0.6) is 0 Å². The van der Waals surface area contributed by atoms with E-state index in [1.54, 1.807) is 17.8 Å². The Morgan fingerprint density at radius 1 is 1.21 bits per heavy atom. The first-order valence-electron chi connectivity index (χ1n) is 9.21. The van der Waals surface area contributed by atoms with Crippen molar-refractivity contribution in [2.24, 2.45) is 0 Å². The summed E-state index contributed by atoms with van der Waals surface area (Å²) in [5.41, 5.74) is 1.43. The third-order valence-corrected chi connectivity index (χ3v) is 5.28. The lowest BCUT2D eigenvalue weighted by atomic mass is 9.96. The van der Waals surface area contributed by atoms with Gasteiger partial charge in [0.15, 0.2) is 6.61 Å². The molecule has 0 aliphatic heterocycles. The SMILES string of the molecule is O=C(COC(=O)Cc1csc(-c2cccnc2)n1)NC(=O)NC1CCCCC1. The minimum atomic E-state index is -0.656. The van der Waals surface area contributed by atoms with Crippen LogP contribution >= 0.6 is 11.3 Å². The van der Waals surface area contributed by atoms with Crippen LogP contribution < -0.4 is 10.6 Å². The Hall–Kier alpha value is -2.81. The van der Waals surface area contributed by atoms with Crippen LogP contribution in [0.15, 0.2) is 29.9 Å². The monoisotopic (exact) mass is 402 g/mol. The quantitative estimate of drug-likeness (QED) is 0.718. The lowest BCUT2D eigenvalue weighted by Crippen LogP contribution is -2.46. The Bertz CT molecular complexity index is 818. The number of hydrogen-bond donors (Lipinski definition) is 2. The molecule has 0 bridgehead atoms. The predicted molar refractivity (Wildman–Crippen MR) is 104 cm³/mol. The Labute approximate surface area is 166 Å². The second kappa shape index (κ2) is 9.93. The van der Waals surface area contributed by atoms with Crippen LogP contribution in [0.25, 0.3) is 10.6 Å². The largest absolute Gasteiger partial charge is 0.455 e. The molecule has 148 valence electrons. The normalized spacial score (nSPS) is 14.3. The number of pyridine rings is 1. The van der Waals surface area contributed by atoms with E-state index in [9.17, 15) is 14.4 Å². The molecule has 0 atom stereocenters. The van der Waals surface area contributed by atoms with Gasteiger partial charge in [-0.15, -0.1) is 11.3 Å². The first-order valence-corrected chi connectivity index (χ1v) is 10.1. The Kier molecular flexibility index (Phi) is 7.07. The number of urea groups is 1. The molecular weight excluding hydrogens is 380 g/mol. The molecule has 2 heterocycles. The average molecular weight is 402 g/mol. The van der Waals surface area contributed by atoms with Crippen molar-refractivity contribution in [3.63, 3.8) is 0 Å². The zero-order valence-corrected chi connectivity index (χ0v) is 16.2. The van der Waals surface area contributed by atoms with Crippen LogP contribution in [0, 0.1) is 0 Å². The number of carbonyl (C=O) groups excluding carboxylic acids is 3. The molecule has 0 radical (unpaired) electrons. The van der Waals surface area contributed by atoms with Gasteiger partial charge in [0, 0.05) is 29.4 Å². The van der Waals surface area contributed by atoms with E-state index in [1.807, 2.05) is 12.1 Å². The fourth-order valence-corrected chi connectivity index (χ4v) is 3.80. The van der Waals surface area contributed by atoms with Gasteiger partial charge in [0.25, 0.3) is 5.91 Å². The van der Waals surface area contributed by atoms with Gasteiger partial charge in [-0.1, -0.05) is 19.3 Å². The van der Waals surface area contributed by atoms with Crippen molar-refractivity contribution in [1.29, 1.82) is 0 Å². The zero-order chi connectivity index (χ0) is 19.8. The summed E-state index contributed by atoms with van der Waals surface area (Å²) in [5.74, 6) is -1.23. The third-order valence-electron chi connectivity index (χ3n) is 4.34. The summed E-state index contributed by atoms with van der Waals surface area (Å²) in [5, 5.41) is 7.48. The van der Waals surface area contributed by atoms with Crippen LogP contribution in [0.3, 0.4) is 0 Å². The highest BCUT2D eigenvalue weighted by Crippen LogP contribution is 2.22. The van der Waals surface area contributed by atoms with E-state index in [2.05, 4.69) is 20.6 Å². The number of rotatable bonds is 6. The molecule has 0 unspecified atom stereocenters. The molecule has 8 nitrogen and oxygen atoms in total. The molecular formula is C19H22N4O4S. The fraction of sp³-hybridized carbons (Fsp3) is 0.421. The summed E-state index contributed by atoms with van der Waals surface area (Å²) in [6.45, 7) is -0.503. The van der Waals surface area contributed by atoms with E-state index in [0.717, 1.165) is 36.3 Å². The Morgan fingerprint density at radius 3 is 2.79 bits per heavy atom. The number of esters is 1. The number of carbonyl (C=O) groups is 3. The number of aromatic nitrogens is 2. The maximum atomic E-state index is 11.9. The number of nitrogens with one attached hydrogen (secondary N) is 2. The van der Waals surface area contributed by atoms with Crippen molar-refractivity contribution in [3.8, 4) is 10.6 Å². The van der Waals surface area contributed by atoms with Crippen molar-refractivity contribution in [2.75, 3.05) is 6.61 Å². The minimum absolute atomic E-state index is 0.0433. The summed E-state index contributed by atoms with van der Waals surface area (Å²) in [4.78, 5) is 43.9. The van der Waals surface area contributed by atoms with Gasteiger partial charge in [0.05, 0.1) is 12.1 Å². The molecule has 0 spiro atoms. The number of ether oxygens (including phenoxy) is 1. The maximum Gasteiger partial charge on any atom is 0.321 e. The molecule has 1 saturated carbocycles. The average Bonchev–Trinajstić information content (AvgIpc) is 3.16.